The van der Waals surface area contributed by atoms with E-state index >= 15 is 0 Å². The van der Waals surface area contributed by atoms with Gasteiger partial charge < -0.3 is 4.90 Å². The molecule has 1 aromatic carbocycles. The van der Waals surface area contributed by atoms with Crippen LogP contribution in [0, 0.1) is 29.0 Å². The average Bonchev–Trinajstić information content (AvgIpc) is 2.93. The molecule has 0 amide bonds. The summed E-state index contributed by atoms with van der Waals surface area (Å²) in [6.07, 6.45) is 1.24. The summed E-state index contributed by atoms with van der Waals surface area (Å²) in [6.45, 7) is 3.12. The lowest BCUT2D eigenvalue weighted by Crippen LogP contribution is -2.21. The monoisotopic (exact) mass is 218 g/mol. The van der Waals surface area contributed by atoms with E-state index in [1.807, 2.05) is 18.0 Å². The lowest BCUT2D eigenvalue weighted by Gasteiger charge is -2.20. The van der Waals surface area contributed by atoms with E-state index < -0.39 is 5.82 Å². The number of nitriles is 1. The zero-order valence-corrected chi connectivity index (χ0v) is 9.57. The summed E-state index contributed by atoms with van der Waals surface area (Å²) >= 11 is 0. The Kier molecular flexibility index (Phi) is 2.82. The second-order valence-corrected chi connectivity index (χ2v) is 4.60. The molecule has 0 N–H and O–H groups in total. The molecule has 3 heteroatoms. The van der Waals surface area contributed by atoms with Crippen molar-refractivity contribution in [1.82, 2.24) is 0 Å². The highest BCUT2D eigenvalue weighted by Gasteiger charge is 2.33. The first-order chi connectivity index (χ1) is 7.63. The normalized spacial score (nSPS) is 22.6. The molecule has 2 unspecified atom stereocenters. The number of rotatable bonds is 3. The molecule has 0 aliphatic heterocycles. The molecule has 1 aliphatic rings. The summed E-state index contributed by atoms with van der Waals surface area (Å²) in [4.78, 5) is 1.98. The zero-order valence-electron chi connectivity index (χ0n) is 9.57. The second-order valence-electron chi connectivity index (χ2n) is 4.60. The van der Waals surface area contributed by atoms with Gasteiger partial charge in [-0.1, -0.05) is 13.0 Å². The van der Waals surface area contributed by atoms with Crippen molar-refractivity contribution >= 4 is 5.69 Å². The van der Waals surface area contributed by atoms with Crippen LogP contribution in [0.25, 0.3) is 0 Å². The lowest BCUT2D eigenvalue weighted by molar-refractivity contribution is 0.622. The Bertz CT molecular complexity index is 436. The van der Waals surface area contributed by atoms with Gasteiger partial charge in [0.25, 0.3) is 0 Å². The maximum absolute atomic E-state index is 13.4. The van der Waals surface area contributed by atoms with Crippen molar-refractivity contribution in [2.75, 3.05) is 18.5 Å². The molecule has 1 saturated carbocycles. The van der Waals surface area contributed by atoms with E-state index in [0.717, 1.165) is 12.5 Å². The van der Waals surface area contributed by atoms with Crippen molar-refractivity contribution in [3.8, 4) is 6.07 Å². The van der Waals surface area contributed by atoms with Crippen LogP contribution in [0.4, 0.5) is 10.1 Å². The number of hydrogen-bond donors (Lipinski definition) is 0. The Hall–Kier alpha value is -1.56. The number of benzene rings is 1. The molecule has 1 fully saturated rings. The van der Waals surface area contributed by atoms with Crippen molar-refractivity contribution in [3.63, 3.8) is 0 Å². The highest BCUT2D eigenvalue weighted by molar-refractivity contribution is 5.59. The standard InChI is InChI=1S/C13H15FN2/c1-9-6-10(9)8-16(2)13-5-3-4-12(14)11(13)7-15/h3-5,9-10H,6,8H2,1-2H3. The quantitative estimate of drug-likeness (QED) is 0.780. The molecular formula is C13H15FN2. The summed E-state index contributed by atoms with van der Waals surface area (Å²) < 4.78 is 13.4. The predicted octanol–water partition coefficient (Wildman–Crippen LogP) is 2.79. The highest BCUT2D eigenvalue weighted by atomic mass is 19.1. The number of nitrogens with zero attached hydrogens (tertiary/aromatic N) is 2. The van der Waals surface area contributed by atoms with Crippen LogP contribution < -0.4 is 4.90 Å². The molecule has 0 radical (unpaired) electrons. The van der Waals surface area contributed by atoms with Crippen LogP contribution in [0.3, 0.4) is 0 Å². The molecule has 2 rings (SSSR count). The van der Waals surface area contributed by atoms with Gasteiger partial charge in [0.1, 0.15) is 17.4 Å². The summed E-state index contributed by atoms with van der Waals surface area (Å²) in [7, 11) is 1.92. The topological polar surface area (TPSA) is 27.0 Å². The van der Waals surface area contributed by atoms with Crippen LogP contribution in [-0.2, 0) is 0 Å². The minimum Gasteiger partial charge on any atom is -0.373 e. The number of halogens is 1. The fraction of sp³-hybridized carbons (Fsp3) is 0.462. The van der Waals surface area contributed by atoms with E-state index in [1.165, 1.54) is 12.5 Å². The van der Waals surface area contributed by atoms with Crippen molar-refractivity contribution in [3.05, 3.63) is 29.6 Å². The van der Waals surface area contributed by atoms with E-state index in [4.69, 9.17) is 5.26 Å². The summed E-state index contributed by atoms with van der Waals surface area (Å²) in [5.74, 6) is 1.03. The lowest BCUT2D eigenvalue weighted by atomic mass is 10.1. The molecular weight excluding hydrogens is 203 g/mol. The molecule has 2 atom stereocenters. The molecule has 0 saturated heterocycles. The van der Waals surface area contributed by atoms with Gasteiger partial charge in [-0.3, -0.25) is 0 Å². The molecule has 0 spiro atoms. The Morgan fingerprint density at radius 3 is 2.81 bits per heavy atom. The minimum atomic E-state index is -0.435. The van der Waals surface area contributed by atoms with Crippen LogP contribution in [0.2, 0.25) is 0 Å². The third-order valence-corrected chi connectivity index (χ3v) is 3.30. The van der Waals surface area contributed by atoms with Gasteiger partial charge in [0, 0.05) is 13.6 Å². The van der Waals surface area contributed by atoms with Crippen LogP contribution in [0.15, 0.2) is 18.2 Å². The number of anilines is 1. The Labute approximate surface area is 95.3 Å². The van der Waals surface area contributed by atoms with E-state index in [9.17, 15) is 4.39 Å². The van der Waals surface area contributed by atoms with Gasteiger partial charge >= 0.3 is 0 Å². The van der Waals surface area contributed by atoms with Crippen molar-refractivity contribution in [1.29, 1.82) is 5.26 Å². The molecule has 1 aliphatic carbocycles. The van der Waals surface area contributed by atoms with Crippen LogP contribution in [-0.4, -0.2) is 13.6 Å². The van der Waals surface area contributed by atoms with Gasteiger partial charge in [0.05, 0.1) is 5.69 Å². The number of hydrogen-bond acceptors (Lipinski definition) is 2. The third kappa shape index (κ3) is 2.01. The highest BCUT2D eigenvalue weighted by Crippen LogP contribution is 2.39. The van der Waals surface area contributed by atoms with Gasteiger partial charge in [0.2, 0.25) is 0 Å². The van der Waals surface area contributed by atoms with Crippen molar-refractivity contribution < 1.29 is 4.39 Å². The van der Waals surface area contributed by atoms with E-state index in [1.54, 1.807) is 12.1 Å². The molecule has 2 nitrogen and oxygen atoms in total. The molecule has 84 valence electrons. The van der Waals surface area contributed by atoms with Gasteiger partial charge in [-0.2, -0.15) is 5.26 Å². The third-order valence-electron chi connectivity index (χ3n) is 3.30. The van der Waals surface area contributed by atoms with E-state index in [0.29, 0.717) is 11.6 Å². The maximum Gasteiger partial charge on any atom is 0.143 e. The second kappa shape index (κ2) is 4.13. The van der Waals surface area contributed by atoms with Gasteiger partial charge in [-0.15, -0.1) is 0 Å². The first-order valence-corrected chi connectivity index (χ1v) is 5.53. The van der Waals surface area contributed by atoms with Crippen LogP contribution >= 0.6 is 0 Å². The molecule has 1 aromatic rings. The zero-order chi connectivity index (χ0) is 11.7. The minimum absolute atomic E-state index is 0.151. The Morgan fingerprint density at radius 2 is 2.25 bits per heavy atom. The first kappa shape index (κ1) is 10.9. The summed E-state index contributed by atoms with van der Waals surface area (Å²) in [5.41, 5.74) is 0.847. The maximum atomic E-state index is 13.4. The fourth-order valence-electron chi connectivity index (χ4n) is 2.05. The Morgan fingerprint density at radius 1 is 1.56 bits per heavy atom. The van der Waals surface area contributed by atoms with Gasteiger partial charge in [-0.25, -0.2) is 4.39 Å². The molecule has 0 aromatic heterocycles. The van der Waals surface area contributed by atoms with Gasteiger partial charge in [-0.05, 0) is 30.4 Å². The smallest absolute Gasteiger partial charge is 0.143 e. The predicted molar refractivity (Wildman–Crippen MR) is 61.7 cm³/mol. The van der Waals surface area contributed by atoms with E-state index in [-0.39, 0.29) is 5.56 Å². The largest absolute Gasteiger partial charge is 0.373 e. The van der Waals surface area contributed by atoms with E-state index in [2.05, 4.69) is 6.92 Å². The SMILES string of the molecule is CC1CC1CN(C)c1cccc(F)c1C#N. The van der Waals surface area contributed by atoms with Crippen molar-refractivity contribution in [2.24, 2.45) is 11.8 Å². The molecule has 16 heavy (non-hydrogen) atoms. The molecule has 0 heterocycles. The summed E-state index contributed by atoms with van der Waals surface area (Å²) in [6, 6.07) is 6.71. The van der Waals surface area contributed by atoms with Crippen molar-refractivity contribution in [2.45, 2.75) is 13.3 Å². The first-order valence-electron chi connectivity index (χ1n) is 5.53. The summed E-state index contributed by atoms with van der Waals surface area (Å²) in [5, 5.41) is 8.93. The fourth-order valence-corrected chi connectivity index (χ4v) is 2.05. The Balaban J connectivity index is 2.19. The molecule has 0 bridgehead atoms. The average molecular weight is 218 g/mol. The van der Waals surface area contributed by atoms with Gasteiger partial charge in [0.15, 0.2) is 0 Å². The van der Waals surface area contributed by atoms with Crippen LogP contribution in [0.1, 0.15) is 18.9 Å². The van der Waals surface area contributed by atoms with Crippen LogP contribution in [0.5, 0.6) is 0 Å².